The van der Waals surface area contributed by atoms with Crippen LogP contribution in [0, 0.1) is 11.8 Å². The number of nitrogens with zero attached hydrogens (tertiary/aromatic N) is 3. The van der Waals surface area contributed by atoms with E-state index >= 15 is 0 Å². The van der Waals surface area contributed by atoms with Crippen LogP contribution in [0.2, 0.25) is 0 Å². The molecule has 0 aromatic rings. The molecule has 1 saturated carbocycles. The second-order valence-corrected chi connectivity index (χ2v) is 10.2. The summed E-state index contributed by atoms with van der Waals surface area (Å²) in [6, 6.07) is 0.221. The van der Waals surface area contributed by atoms with E-state index in [1.54, 1.807) is 19.0 Å². The third-order valence-corrected chi connectivity index (χ3v) is 5.93. The van der Waals surface area contributed by atoms with Crippen molar-refractivity contribution in [3.63, 3.8) is 0 Å². The number of carbonyl (C=O) groups excluding carboxylic acids is 2. The van der Waals surface area contributed by atoms with Gasteiger partial charge in [0.2, 0.25) is 5.91 Å². The molecule has 2 aliphatic rings. The average Bonchev–Trinajstić information content (AvgIpc) is 3.18. The Morgan fingerprint density at radius 2 is 1.84 bits per heavy atom. The van der Waals surface area contributed by atoms with Gasteiger partial charge in [-0.1, -0.05) is 26.2 Å². The first kappa shape index (κ1) is 28.8. The molecule has 2 amide bonds. The van der Waals surface area contributed by atoms with E-state index in [1.807, 2.05) is 25.7 Å². The van der Waals surface area contributed by atoms with Gasteiger partial charge in [-0.2, -0.15) is 0 Å². The molecule has 0 bridgehead atoms. The van der Waals surface area contributed by atoms with E-state index in [-0.39, 0.29) is 47.9 Å². The van der Waals surface area contributed by atoms with Crippen molar-refractivity contribution in [2.75, 3.05) is 40.3 Å². The molecule has 0 radical (unpaired) electrons. The summed E-state index contributed by atoms with van der Waals surface area (Å²) >= 11 is 0. The van der Waals surface area contributed by atoms with E-state index in [0.29, 0.717) is 19.0 Å². The molecule has 32 heavy (non-hydrogen) atoms. The van der Waals surface area contributed by atoms with Crippen LogP contribution in [0.25, 0.3) is 0 Å². The summed E-state index contributed by atoms with van der Waals surface area (Å²) in [5, 5.41) is 6.81. The summed E-state index contributed by atoms with van der Waals surface area (Å²) in [4.78, 5) is 32.9. The third kappa shape index (κ3) is 9.70. The Morgan fingerprint density at radius 3 is 2.44 bits per heavy atom. The lowest BCUT2D eigenvalue weighted by Gasteiger charge is -2.27. The molecular formula is C23H44IN5O3. The second-order valence-electron chi connectivity index (χ2n) is 10.2. The summed E-state index contributed by atoms with van der Waals surface area (Å²) < 4.78 is 5.41. The van der Waals surface area contributed by atoms with Crippen molar-refractivity contribution in [1.29, 1.82) is 0 Å². The highest BCUT2D eigenvalue weighted by atomic mass is 127. The fraction of sp³-hybridized carbons (Fsp3) is 0.870. The number of likely N-dealkylation sites (tertiary alicyclic amines) is 1. The Kier molecular flexibility index (Phi) is 12.1. The zero-order chi connectivity index (χ0) is 23.0. The normalized spacial score (nSPS) is 20.9. The lowest BCUT2D eigenvalue weighted by Crippen LogP contribution is -2.47. The molecule has 1 aliphatic heterocycles. The number of hydrogen-bond donors (Lipinski definition) is 2. The van der Waals surface area contributed by atoms with E-state index in [4.69, 9.17) is 4.74 Å². The van der Waals surface area contributed by atoms with Crippen LogP contribution in [0.4, 0.5) is 4.79 Å². The van der Waals surface area contributed by atoms with Gasteiger partial charge in [-0.3, -0.25) is 9.79 Å². The van der Waals surface area contributed by atoms with Gasteiger partial charge in [-0.15, -0.1) is 24.0 Å². The molecule has 1 saturated heterocycles. The minimum atomic E-state index is -0.494. The molecule has 2 atom stereocenters. The van der Waals surface area contributed by atoms with Gasteiger partial charge in [0.05, 0.1) is 0 Å². The van der Waals surface area contributed by atoms with Crippen LogP contribution in [0.3, 0.4) is 0 Å². The molecule has 2 unspecified atom stereocenters. The van der Waals surface area contributed by atoms with Gasteiger partial charge in [-0.05, 0) is 46.0 Å². The maximum absolute atomic E-state index is 12.8. The molecule has 2 rings (SSSR count). The first-order valence-corrected chi connectivity index (χ1v) is 11.8. The fourth-order valence-corrected chi connectivity index (χ4v) is 4.29. The Balaban J connectivity index is 0.00000512. The van der Waals surface area contributed by atoms with Gasteiger partial charge in [0, 0.05) is 52.2 Å². The molecule has 0 aromatic carbocycles. The van der Waals surface area contributed by atoms with Gasteiger partial charge in [-0.25, -0.2) is 4.79 Å². The number of carbonyl (C=O) groups is 2. The lowest BCUT2D eigenvalue weighted by atomic mass is 9.88. The van der Waals surface area contributed by atoms with Crippen molar-refractivity contribution < 1.29 is 14.3 Å². The smallest absolute Gasteiger partial charge is 0.410 e. The molecule has 0 aromatic heterocycles. The molecule has 0 spiro atoms. The van der Waals surface area contributed by atoms with Gasteiger partial charge >= 0.3 is 6.09 Å². The molecule has 9 heteroatoms. The van der Waals surface area contributed by atoms with E-state index in [0.717, 1.165) is 38.3 Å². The molecule has 186 valence electrons. The molecule has 8 nitrogen and oxygen atoms in total. The summed E-state index contributed by atoms with van der Waals surface area (Å²) in [5.74, 6) is 1.53. The van der Waals surface area contributed by atoms with E-state index < -0.39 is 5.60 Å². The third-order valence-electron chi connectivity index (χ3n) is 5.93. The molecular weight excluding hydrogens is 521 g/mol. The van der Waals surface area contributed by atoms with Crippen molar-refractivity contribution in [2.24, 2.45) is 16.8 Å². The van der Waals surface area contributed by atoms with Crippen molar-refractivity contribution in [3.8, 4) is 0 Å². The van der Waals surface area contributed by atoms with Gasteiger partial charge < -0.3 is 25.2 Å². The number of aliphatic imine (C=N–C) groups is 1. The Labute approximate surface area is 211 Å². The van der Waals surface area contributed by atoms with Crippen molar-refractivity contribution in [3.05, 3.63) is 0 Å². The second kappa shape index (κ2) is 13.4. The monoisotopic (exact) mass is 565 g/mol. The Hall–Kier alpha value is -1.26. The van der Waals surface area contributed by atoms with E-state index in [2.05, 4.69) is 22.5 Å². The van der Waals surface area contributed by atoms with Crippen LogP contribution in [-0.4, -0.2) is 79.7 Å². The highest BCUT2D eigenvalue weighted by Crippen LogP contribution is 2.26. The highest BCUT2D eigenvalue weighted by Gasteiger charge is 2.31. The number of rotatable bonds is 6. The van der Waals surface area contributed by atoms with E-state index in [9.17, 15) is 9.59 Å². The van der Waals surface area contributed by atoms with Gasteiger partial charge in [0.1, 0.15) is 5.60 Å². The average molecular weight is 566 g/mol. The summed E-state index contributed by atoms with van der Waals surface area (Å²) in [6.07, 6.45) is 6.36. The molecule has 1 aliphatic carbocycles. The first-order chi connectivity index (χ1) is 14.6. The maximum atomic E-state index is 12.8. The number of halogens is 1. The Morgan fingerprint density at radius 1 is 1.19 bits per heavy atom. The zero-order valence-electron chi connectivity index (χ0n) is 20.8. The summed E-state index contributed by atoms with van der Waals surface area (Å²) in [7, 11) is 3.51. The maximum Gasteiger partial charge on any atom is 0.410 e. The van der Waals surface area contributed by atoms with Crippen LogP contribution >= 0.6 is 24.0 Å². The quantitative estimate of drug-likeness (QED) is 0.293. The van der Waals surface area contributed by atoms with Crippen molar-refractivity contribution in [1.82, 2.24) is 20.4 Å². The van der Waals surface area contributed by atoms with Crippen LogP contribution < -0.4 is 10.6 Å². The number of hydrogen-bond acceptors (Lipinski definition) is 4. The van der Waals surface area contributed by atoms with Crippen molar-refractivity contribution >= 4 is 41.9 Å². The van der Waals surface area contributed by atoms with E-state index in [1.165, 1.54) is 19.3 Å². The summed E-state index contributed by atoms with van der Waals surface area (Å²) in [5.41, 5.74) is -0.494. The number of nitrogens with one attached hydrogen (secondary N) is 2. The summed E-state index contributed by atoms with van der Waals surface area (Å²) in [6.45, 7) is 10.5. The largest absolute Gasteiger partial charge is 0.444 e. The fourth-order valence-electron chi connectivity index (χ4n) is 4.29. The minimum Gasteiger partial charge on any atom is -0.444 e. The van der Waals surface area contributed by atoms with Crippen LogP contribution in [0.1, 0.15) is 66.2 Å². The number of guanidine groups is 1. The molecule has 2 fully saturated rings. The van der Waals surface area contributed by atoms with Gasteiger partial charge in [0.25, 0.3) is 0 Å². The highest BCUT2D eigenvalue weighted by molar-refractivity contribution is 14.0. The minimum absolute atomic E-state index is 0. The van der Waals surface area contributed by atoms with Crippen molar-refractivity contribution in [2.45, 2.75) is 77.9 Å². The zero-order valence-corrected chi connectivity index (χ0v) is 23.1. The first-order valence-electron chi connectivity index (χ1n) is 11.8. The Bertz CT molecular complexity index is 632. The van der Waals surface area contributed by atoms with Crippen LogP contribution in [0.15, 0.2) is 4.99 Å². The number of ether oxygens (including phenoxy) is 1. The lowest BCUT2D eigenvalue weighted by molar-refractivity contribution is -0.135. The molecule has 1 heterocycles. The predicted octanol–water partition coefficient (Wildman–Crippen LogP) is 3.45. The predicted molar refractivity (Wildman–Crippen MR) is 140 cm³/mol. The van der Waals surface area contributed by atoms with Crippen LogP contribution in [-0.2, 0) is 9.53 Å². The number of amides is 2. The molecule has 2 N–H and O–H groups in total. The topological polar surface area (TPSA) is 86.3 Å². The SMILES string of the molecule is CN=C(NCC(C)CN(C)C(=O)OC(C)(C)C)NC1CCN(C(=O)C2CCCCC2)C1.I. The van der Waals surface area contributed by atoms with Crippen LogP contribution in [0.5, 0.6) is 0 Å². The standard InChI is InChI=1S/C23H43N5O3.HI/c1-17(15-27(6)22(30)31-23(2,3)4)14-25-21(24-5)26-19-12-13-28(16-19)20(29)18-10-8-7-9-11-18;/h17-19H,7-16H2,1-6H3,(H2,24,25,26);1H. The van der Waals surface area contributed by atoms with Gasteiger partial charge in [0.15, 0.2) is 5.96 Å².